The standard InChI is InChI=1S/C26H26N4O4S/c27-15-20-5-4-19(26(33)30-21-6-8-28-9-7-21)13-23(20)17-2-1-3-18(12-17)25(32)29-10-11-35-22-14-24(31)34-16-22/h1-9,12-13,22H,10-11,14-16,27H2,(H,29,32)(H,28,30,33). The Morgan fingerprint density at radius 3 is 2.60 bits per heavy atom. The lowest BCUT2D eigenvalue weighted by molar-refractivity contribution is -0.137. The first-order valence-corrected chi connectivity index (χ1v) is 12.3. The number of rotatable bonds is 9. The number of thioether (sulfide) groups is 1. The van der Waals surface area contributed by atoms with Gasteiger partial charge in [0.15, 0.2) is 0 Å². The van der Waals surface area contributed by atoms with Crippen LogP contribution < -0.4 is 16.4 Å². The summed E-state index contributed by atoms with van der Waals surface area (Å²) < 4.78 is 4.96. The van der Waals surface area contributed by atoms with Crippen LogP contribution in [0.1, 0.15) is 32.7 Å². The number of ether oxygens (including phenoxy) is 1. The summed E-state index contributed by atoms with van der Waals surface area (Å²) in [5.41, 5.74) is 10.1. The van der Waals surface area contributed by atoms with Crippen molar-refractivity contribution < 1.29 is 19.1 Å². The highest BCUT2D eigenvalue weighted by Crippen LogP contribution is 2.27. The molecule has 2 amide bonds. The topological polar surface area (TPSA) is 123 Å². The Bertz CT molecular complexity index is 1220. The van der Waals surface area contributed by atoms with E-state index in [0.717, 1.165) is 16.7 Å². The van der Waals surface area contributed by atoms with Crippen LogP contribution in [0.2, 0.25) is 0 Å². The monoisotopic (exact) mass is 490 g/mol. The van der Waals surface area contributed by atoms with Gasteiger partial charge in [0, 0.05) is 53.3 Å². The predicted molar refractivity (Wildman–Crippen MR) is 136 cm³/mol. The van der Waals surface area contributed by atoms with E-state index in [0.29, 0.717) is 48.7 Å². The number of esters is 1. The van der Waals surface area contributed by atoms with Crippen molar-refractivity contribution in [1.29, 1.82) is 0 Å². The quantitative estimate of drug-likeness (QED) is 0.311. The van der Waals surface area contributed by atoms with Gasteiger partial charge >= 0.3 is 5.97 Å². The van der Waals surface area contributed by atoms with Crippen molar-refractivity contribution in [3.63, 3.8) is 0 Å². The van der Waals surface area contributed by atoms with Crippen molar-refractivity contribution in [2.24, 2.45) is 5.73 Å². The molecule has 1 fully saturated rings. The highest BCUT2D eigenvalue weighted by atomic mass is 32.2. The molecular weight excluding hydrogens is 464 g/mol. The van der Waals surface area contributed by atoms with E-state index in [1.54, 1.807) is 60.6 Å². The maximum Gasteiger partial charge on any atom is 0.307 e. The Labute approximate surface area is 207 Å². The first kappa shape index (κ1) is 24.4. The molecule has 1 atom stereocenters. The van der Waals surface area contributed by atoms with E-state index in [1.807, 2.05) is 18.2 Å². The zero-order valence-electron chi connectivity index (χ0n) is 19.0. The van der Waals surface area contributed by atoms with Crippen LogP contribution in [-0.4, -0.2) is 46.9 Å². The highest BCUT2D eigenvalue weighted by Gasteiger charge is 2.23. The second-order valence-electron chi connectivity index (χ2n) is 7.98. The number of aromatic nitrogens is 1. The summed E-state index contributed by atoms with van der Waals surface area (Å²) in [6, 6.07) is 16.0. The van der Waals surface area contributed by atoms with Crippen molar-refractivity contribution in [1.82, 2.24) is 10.3 Å². The van der Waals surface area contributed by atoms with Crippen LogP contribution in [0.3, 0.4) is 0 Å². The molecule has 180 valence electrons. The second kappa shape index (κ2) is 11.6. The fourth-order valence-electron chi connectivity index (χ4n) is 3.72. The summed E-state index contributed by atoms with van der Waals surface area (Å²) in [5, 5.41) is 5.92. The van der Waals surface area contributed by atoms with Gasteiger partial charge in [-0.25, -0.2) is 0 Å². The summed E-state index contributed by atoms with van der Waals surface area (Å²) in [7, 11) is 0. The average Bonchev–Trinajstić information content (AvgIpc) is 3.31. The molecule has 2 heterocycles. The van der Waals surface area contributed by atoms with E-state index in [1.165, 1.54) is 0 Å². The van der Waals surface area contributed by atoms with E-state index in [2.05, 4.69) is 15.6 Å². The van der Waals surface area contributed by atoms with E-state index < -0.39 is 0 Å². The van der Waals surface area contributed by atoms with E-state index in [9.17, 15) is 14.4 Å². The van der Waals surface area contributed by atoms with Crippen molar-refractivity contribution in [3.8, 4) is 11.1 Å². The Hall–Kier alpha value is -3.69. The van der Waals surface area contributed by atoms with Gasteiger partial charge in [0.05, 0.1) is 6.42 Å². The van der Waals surface area contributed by atoms with Crippen LogP contribution >= 0.6 is 11.8 Å². The molecule has 3 aromatic rings. The number of nitrogens with zero attached hydrogens (tertiary/aromatic N) is 1. The van der Waals surface area contributed by atoms with Gasteiger partial charge in [-0.3, -0.25) is 19.4 Å². The number of benzene rings is 2. The van der Waals surface area contributed by atoms with Crippen LogP contribution in [0.4, 0.5) is 5.69 Å². The predicted octanol–water partition coefficient (Wildman–Crippen LogP) is 3.24. The number of pyridine rings is 1. The minimum absolute atomic E-state index is 0.153. The highest BCUT2D eigenvalue weighted by molar-refractivity contribution is 8.00. The first-order chi connectivity index (χ1) is 17.0. The van der Waals surface area contributed by atoms with Crippen LogP contribution in [0.25, 0.3) is 11.1 Å². The van der Waals surface area contributed by atoms with E-state index in [4.69, 9.17) is 10.5 Å². The molecule has 0 radical (unpaired) electrons. The summed E-state index contributed by atoms with van der Waals surface area (Å²) in [6.07, 6.45) is 3.64. The molecule has 1 aliphatic rings. The molecule has 4 N–H and O–H groups in total. The maximum atomic E-state index is 12.8. The zero-order valence-corrected chi connectivity index (χ0v) is 19.8. The number of amides is 2. The molecule has 2 aromatic carbocycles. The summed E-state index contributed by atoms with van der Waals surface area (Å²) in [6.45, 7) is 1.21. The van der Waals surface area contributed by atoms with Crippen LogP contribution in [-0.2, 0) is 16.1 Å². The number of carbonyl (C=O) groups is 3. The smallest absolute Gasteiger partial charge is 0.307 e. The summed E-state index contributed by atoms with van der Waals surface area (Å²) in [4.78, 5) is 40.6. The van der Waals surface area contributed by atoms with Crippen molar-refractivity contribution in [2.75, 3.05) is 24.2 Å². The van der Waals surface area contributed by atoms with Gasteiger partial charge in [-0.05, 0) is 53.1 Å². The normalized spacial score (nSPS) is 14.9. The fourth-order valence-corrected chi connectivity index (χ4v) is 4.69. The molecule has 0 bridgehead atoms. The lowest BCUT2D eigenvalue weighted by Crippen LogP contribution is -2.26. The lowest BCUT2D eigenvalue weighted by Gasteiger charge is -2.13. The van der Waals surface area contributed by atoms with Gasteiger partial charge in [0.25, 0.3) is 11.8 Å². The fraction of sp³-hybridized carbons (Fsp3) is 0.231. The van der Waals surface area contributed by atoms with Crippen molar-refractivity contribution in [2.45, 2.75) is 18.2 Å². The molecule has 0 saturated carbocycles. The maximum absolute atomic E-state index is 12.8. The number of carbonyl (C=O) groups excluding carboxylic acids is 3. The van der Waals surface area contributed by atoms with Gasteiger partial charge in [-0.1, -0.05) is 18.2 Å². The Balaban J connectivity index is 1.44. The Morgan fingerprint density at radius 2 is 1.86 bits per heavy atom. The summed E-state index contributed by atoms with van der Waals surface area (Å²) in [5.74, 6) is 0.0894. The number of anilines is 1. The lowest BCUT2D eigenvalue weighted by atomic mass is 9.95. The van der Waals surface area contributed by atoms with Gasteiger partial charge in [0.1, 0.15) is 6.61 Å². The Morgan fingerprint density at radius 1 is 1.06 bits per heavy atom. The van der Waals surface area contributed by atoms with Crippen LogP contribution in [0.5, 0.6) is 0 Å². The average molecular weight is 491 g/mol. The third-order valence-electron chi connectivity index (χ3n) is 5.53. The van der Waals surface area contributed by atoms with E-state index in [-0.39, 0.29) is 23.0 Å². The number of hydrogen-bond acceptors (Lipinski definition) is 7. The Kier molecular flexibility index (Phi) is 8.12. The van der Waals surface area contributed by atoms with Crippen LogP contribution in [0.15, 0.2) is 67.0 Å². The molecule has 0 aliphatic carbocycles. The molecular formula is C26H26N4O4S. The second-order valence-corrected chi connectivity index (χ2v) is 9.39. The molecule has 8 nitrogen and oxygen atoms in total. The molecule has 35 heavy (non-hydrogen) atoms. The number of hydrogen-bond donors (Lipinski definition) is 3. The van der Waals surface area contributed by atoms with E-state index >= 15 is 0 Å². The third kappa shape index (κ3) is 6.46. The molecule has 1 saturated heterocycles. The number of nitrogens with one attached hydrogen (secondary N) is 2. The minimum atomic E-state index is -0.248. The van der Waals surface area contributed by atoms with Crippen molar-refractivity contribution >= 4 is 35.2 Å². The molecule has 1 aromatic heterocycles. The minimum Gasteiger partial charge on any atom is -0.464 e. The molecule has 9 heteroatoms. The summed E-state index contributed by atoms with van der Waals surface area (Å²) >= 11 is 1.62. The van der Waals surface area contributed by atoms with Gasteiger partial charge in [0.2, 0.25) is 0 Å². The number of nitrogens with two attached hydrogens (primary N) is 1. The van der Waals surface area contributed by atoms with Crippen LogP contribution in [0, 0.1) is 0 Å². The van der Waals surface area contributed by atoms with Gasteiger partial charge in [-0.2, -0.15) is 11.8 Å². The largest absolute Gasteiger partial charge is 0.464 e. The molecule has 0 spiro atoms. The van der Waals surface area contributed by atoms with Gasteiger partial charge < -0.3 is 21.1 Å². The SMILES string of the molecule is NCc1ccc(C(=O)Nc2ccncc2)cc1-c1cccc(C(=O)NCCSC2COC(=O)C2)c1. The molecule has 4 rings (SSSR count). The zero-order chi connectivity index (χ0) is 24.6. The molecule has 1 unspecified atom stereocenters. The first-order valence-electron chi connectivity index (χ1n) is 11.2. The molecule has 1 aliphatic heterocycles. The third-order valence-corrected chi connectivity index (χ3v) is 6.75. The number of cyclic esters (lactones) is 1. The van der Waals surface area contributed by atoms with Gasteiger partial charge in [-0.15, -0.1) is 0 Å². The van der Waals surface area contributed by atoms with Crippen molar-refractivity contribution in [3.05, 3.63) is 83.7 Å².